The fourth-order valence-corrected chi connectivity index (χ4v) is 2.31. The van der Waals surface area contributed by atoms with Crippen molar-refractivity contribution in [2.45, 2.75) is 26.7 Å². The van der Waals surface area contributed by atoms with Gasteiger partial charge in [-0.15, -0.1) is 0 Å². The number of anilines is 1. The highest BCUT2D eigenvalue weighted by molar-refractivity contribution is 5.94. The minimum Gasteiger partial charge on any atom is -0.490 e. The summed E-state index contributed by atoms with van der Waals surface area (Å²) in [6, 6.07) is 5.00. The van der Waals surface area contributed by atoms with E-state index in [1.807, 2.05) is 13.8 Å². The second-order valence-corrected chi connectivity index (χ2v) is 6.06. The Balaban J connectivity index is 1.87. The number of rotatable bonds is 9. The van der Waals surface area contributed by atoms with Gasteiger partial charge in [0.1, 0.15) is 6.54 Å². The molecule has 2 N–H and O–H groups in total. The summed E-state index contributed by atoms with van der Waals surface area (Å²) in [5, 5.41) is 5.61. The van der Waals surface area contributed by atoms with E-state index in [9.17, 15) is 9.59 Å². The predicted octanol–water partition coefficient (Wildman–Crippen LogP) is 2.47. The smallest absolute Gasteiger partial charge is 0.317 e. The van der Waals surface area contributed by atoms with Gasteiger partial charge in [0.15, 0.2) is 11.5 Å². The van der Waals surface area contributed by atoms with Gasteiger partial charge in [-0.2, -0.15) is 0 Å². The molecule has 0 spiro atoms. The molecule has 1 aliphatic rings. The fourth-order valence-electron chi connectivity index (χ4n) is 2.31. The van der Waals surface area contributed by atoms with Gasteiger partial charge in [-0.1, -0.05) is 0 Å². The standard InChI is InChI=1S/C18H27N3O4/c1-4-24-15-9-8-14(10-16(15)25-5-2)20-17(22)12-21(3)18(23)19-11-13-6-7-13/h8-10,13H,4-7,11-12H2,1-3H3,(H,19,23)(H,20,22). The van der Waals surface area contributed by atoms with Crippen molar-refractivity contribution >= 4 is 17.6 Å². The van der Waals surface area contributed by atoms with Gasteiger partial charge >= 0.3 is 6.03 Å². The zero-order valence-corrected chi connectivity index (χ0v) is 15.1. The highest BCUT2D eigenvalue weighted by atomic mass is 16.5. The molecule has 1 aromatic rings. The van der Waals surface area contributed by atoms with Gasteiger partial charge < -0.3 is 25.0 Å². The predicted molar refractivity (Wildman–Crippen MR) is 96.2 cm³/mol. The van der Waals surface area contributed by atoms with Gasteiger partial charge in [-0.05, 0) is 44.7 Å². The Kier molecular flexibility index (Phi) is 6.91. The normalized spacial score (nSPS) is 13.1. The van der Waals surface area contributed by atoms with Gasteiger partial charge in [-0.3, -0.25) is 4.79 Å². The molecule has 0 aliphatic heterocycles. The number of amides is 3. The number of carbonyl (C=O) groups excluding carboxylic acids is 2. The molecule has 25 heavy (non-hydrogen) atoms. The quantitative estimate of drug-likeness (QED) is 0.718. The van der Waals surface area contributed by atoms with Crippen molar-refractivity contribution in [2.24, 2.45) is 5.92 Å². The van der Waals surface area contributed by atoms with Crippen LogP contribution in [0.1, 0.15) is 26.7 Å². The van der Waals surface area contributed by atoms with Crippen LogP contribution in [-0.2, 0) is 4.79 Å². The Morgan fingerprint density at radius 2 is 1.84 bits per heavy atom. The zero-order chi connectivity index (χ0) is 18.2. The van der Waals surface area contributed by atoms with Crippen molar-refractivity contribution in [3.8, 4) is 11.5 Å². The zero-order valence-electron chi connectivity index (χ0n) is 15.1. The van der Waals surface area contributed by atoms with Crippen LogP contribution < -0.4 is 20.1 Å². The van der Waals surface area contributed by atoms with Crippen LogP contribution in [0.5, 0.6) is 11.5 Å². The molecule has 2 rings (SSSR count). The summed E-state index contributed by atoms with van der Waals surface area (Å²) in [5.41, 5.74) is 0.601. The summed E-state index contributed by atoms with van der Waals surface area (Å²) < 4.78 is 11.0. The van der Waals surface area contributed by atoms with E-state index >= 15 is 0 Å². The Morgan fingerprint density at radius 1 is 1.16 bits per heavy atom. The number of ether oxygens (including phenoxy) is 2. The Labute approximate surface area is 148 Å². The highest BCUT2D eigenvalue weighted by Crippen LogP contribution is 2.30. The van der Waals surface area contributed by atoms with Crippen LogP contribution in [0.15, 0.2) is 18.2 Å². The number of carbonyl (C=O) groups is 2. The molecule has 0 saturated heterocycles. The molecule has 0 radical (unpaired) electrons. The van der Waals surface area contributed by atoms with Crippen LogP contribution in [0.4, 0.5) is 10.5 Å². The third-order valence-corrected chi connectivity index (χ3v) is 3.79. The van der Waals surface area contributed by atoms with Crippen molar-refractivity contribution in [3.63, 3.8) is 0 Å². The number of benzene rings is 1. The van der Waals surface area contributed by atoms with Gasteiger partial charge in [0.2, 0.25) is 5.91 Å². The molecule has 1 saturated carbocycles. The van der Waals surface area contributed by atoms with Gasteiger partial charge in [0.25, 0.3) is 0 Å². The summed E-state index contributed by atoms with van der Waals surface area (Å²) in [4.78, 5) is 25.4. The molecular formula is C18H27N3O4. The van der Waals surface area contributed by atoms with E-state index in [4.69, 9.17) is 9.47 Å². The van der Waals surface area contributed by atoms with E-state index in [0.29, 0.717) is 42.9 Å². The molecule has 0 atom stereocenters. The second-order valence-electron chi connectivity index (χ2n) is 6.06. The maximum atomic E-state index is 12.2. The largest absolute Gasteiger partial charge is 0.490 e. The Hall–Kier alpha value is -2.44. The first-order chi connectivity index (χ1) is 12.0. The van der Waals surface area contributed by atoms with Crippen molar-refractivity contribution < 1.29 is 19.1 Å². The van der Waals surface area contributed by atoms with Crippen LogP contribution in [0.25, 0.3) is 0 Å². The number of hydrogen-bond acceptors (Lipinski definition) is 4. The molecule has 7 nitrogen and oxygen atoms in total. The maximum absolute atomic E-state index is 12.2. The summed E-state index contributed by atoms with van der Waals surface area (Å²) in [6.45, 7) is 5.48. The number of urea groups is 1. The maximum Gasteiger partial charge on any atom is 0.317 e. The van der Waals surface area contributed by atoms with Crippen LogP contribution in [0.2, 0.25) is 0 Å². The average Bonchev–Trinajstić information content (AvgIpc) is 3.39. The van der Waals surface area contributed by atoms with Crippen molar-refractivity contribution in [1.82, 2.24) is 10.2 Å². The lowest BCUT2D eigenvalue weighted by Crippen LogP contribution is -2.42. The molecule has 3 amide bonds. The van der Waals surface area contributed by atoms with Crippen molar-refractivity contribution in [1.29, 1.82) is 0 Å². The first-order valence-electron chi connectivity index (χ1n) is 8.71. The van der Waals surface area contributed by atoms with Crippen LogP contribution in [-0.4, -0.2) is 50.2 Å². The Morgan fingerprint density at radius 3 is 2.48 bits per heavy atom. The van der Waals surface area contributed by atoms with Gasteiger partial charge in [0, 0.05) is 25.3 Å². The van der Waals surface area contributed by atoms with Crippen LogP contribution >= 0.6 is 0 Å². The average molecular weight is 349 g/mol. The second kappa shape index (κ2) is 9.15. The fraction of sp³-hybridized carbons (Fsp3) is 0.556. The Bertz CT molecular complexity index is 602. The van der Waals surface area contributed by atoms with E-state index < -0.39 is 0 Å². The van der Waals surface area contributed by atoms with Gasteiger partial charge in [0.05, 0.1) is 13.2 Å². The van der Waals surface area contributed by atoms with E-state index in [1.165, 1.54) is 17.7 Å². The molecule has 1 aliphatic carbocycles. The third-order valence-electron chi connectivity index (χ3n) is 3.79. The van der Waals surface area contributed by atoms with Gasteiger partial charge in [-0.25, -0.2) is 4.79 Å². The first-order valence-corrected chi connectivity index (χ1v) is 8.71. The highest BCUT2D eigenvalue weighted by Gasteiger charge is 2.22. The lowest BCUT2D eigenvalue weighted by Gasteiger charge is -2.18. The SMILES string of the molecule is CCOc1ccc(NC(=O)CN(C)C(=O)NCC2CC2)cc1OCC. The molecular weight excluding hydrogens is 322 g/mol. The molecule has 0 aromatic heterocycles. The number of nitrogens with one attached hydrogen (secondary N) is 2. The summed E-state index contributed by atoms with van der Waals surface area (Å²) >= 11 is 0. The minimum atomic E-state index is -0.268. The third kappa shape index (κ3) is 6.17. The number of hydrogen-bond donors (Lipinski definition) is 2. The molecule has 0 bridgehead atoms. The minimum absolute atomic E-state index is 0.0202. The van der Waals surface area contributed by atoms with E-state index in [1.54, 1.807) is 25.2 Å². The van der Waals surface area contributed by atoms with E-state index in [0.717, 1.165) is 0 Å². The lowest BCUT2D eigenvalue weighted by molar-refractivity contribution is -0.116. The topological polar surface area (TPSA) is 79.9 Å². The molecule has 7 heteroatoms. The number of likely N-dealkylation sites (N-methyl/N-ethyl adjacent to an activating group) is 1. The first kappa shape index (κ1) is 18.9. The van der Waals surface area contributed by atoms with Crippen molar-refractivity contribution in [2.75, 3.05) is 38.7 Å². The molecule has 1 fully saturated rings. The van der Waals surface area contributed by atoms with Crippen LogP contribution in [0.3, 0.4) is 0 Å². The molecule has 1 aromatic carbocycles. The molecule has 138 valence electrons. The van der Waals surface area contributed by atoms with Crippen molar-refractivity contribution in [3.05, 3.63) is 18.2 Å². The monoisotopic (exact) mass is 349 g/mol. The van der Waals surface area contributed by atoms with E-state index in [2.05, 4.69) is 10.6 Å². The molecule has 0 unspecified atom stereocenters. The summed E-state index contributed by atoms with van der Waals surface area (Å²) in [5.74, 6) is 1.55. The summed E-state index contributed by atoms with van der Waals surface area (Å²) in [7, 11) is 1.60. The van der Waals surface area contributed by atoms with E-state index in [-0.39, 0.29) is 18.5 Å². The molecule has 0 heterocycles. The lowest BCUT2D eigenvalue weighted by atomic mass is 10.2. The number of nitrogens with zero attached hydrogens (tertiary/aromatic N) is 1. The summed E-state index contributed by atoms with van der Waals surface area (Å²) in [6.07, 6.45) is 2.34. The van der Waals surface area contributed by atoms with Crippen LogP contribution in [0, 0.1) is 5.92 Å².